The summed E-state index contributed by atoms with van der Waals surface area (Å²) in [5.41, 5.74) is 2.04. The van der Waals surface area contributed by atoms with Crippen LogP contribution < -0.4 is 10.9 Å². The van der Waals surface area contributed by atoms with Crippen molar-refractivity contribution in [1.82, 2.24) is 14.3 Å². The van der Waals surface area contributed by atoms with Gasteiger partial charge in [0.1, 0.15) is 15.8 Å². The highest BCUT2D eigenvalue weighted by atomic mass is 35.5. The lowest BCUT2D eigenvalue weighted by atomic mass is 10.2. The van der Waals surface area contributed by atoms with Crippen molar-refractivity contribution in [3.63, 3.8) is 0 Å². The fourth-order valence-corrected chi connectivity index (χ4v) is 4.69. The summed E-state index contributed by atoms with van der Waals surface area (Å²) < 4.78 is 1.83. The average molecular weight is 487 g/mol. The van der Waals surface area contributed by atoms with Gasteiger partial charge in [-0.15, -0.1) is 0 Å². The summed E-state index contributed by atoms with van der Waals surface area (Å²) in [7, 11) is 0. The van der Waals surface area contributed by atoms with Gasteiger partial charge in [-0.1, -0.05) is 59.8 Å². The van der Waals surface area contributed by atoms with E-state index < -0.39 is 0 Å². The van der Waals surface area contributed by atoms with Crippen molar-refractivity contribution in [2.75, 3.05) is 18.5 Å². The largest absolute Gasteiger partial charge is 0.395 e. The fraction of sp³-hybridized carbons (Fsp3) is 0.182. The highest BCUT2D eigenvalue weighted by molar-refractivity contribution is 8.26. The third-order valence-electron chi connectivity index (χ3n) is 4.85. The Morgan fingerprint density at radius 2 is 2.03 bits per heavy atom. The van der Waals surface area contributed by atoms with E-state index in [1.165, 1.54) is 15.4 Å². The van der Waals surface area contributed by atoms with Crippen molar-refractivity contribution in [2.24, 2.45) is 0 Å². The van der Waals surface area contributed by atoms with Gasteiger partial charge in [0.15, 0.2) is 0 Å². The molecule has 4 rings (SSSR count). The molecule has 0 bridgehead atoms. The Hall–Kier alpha value is -2.72. The van der Waals surface area contributed by atoms with E-state index in [-0.39, 0.29) is 36.7 Å². The second-order valence-electron chi connectivity index (χ2n) is 7.12. The van der Waals surface area contributed by atoms with Gasteiger partial charge in [-0.05, 0) is 36.3 Å². The Balaban J connectivity index is 1.75. The summed E-state index contributed by atoms with van der Waals surface area (Å²) >= 11 is 12.8. The average Bonchev–Trinajstić information content (AvgIpc) is 3.03. The number of aromatic nitrogens is 2. The van der Waals surface area contributed by atoms with E-state index in [0.717, 1.165) is 22.9 Å². The monoisotopic (exact) mass is 486 g/mol. The van der Waals surface area contributed by atoms with Crippen LogP contribution in [0, 0.1) is 6.92 Å². The Morgan fingerprint density at radius 3 is 2.78 bits per heavy atom. The van der Waals surface area contributed by atoms with Crippen LogP contribution in [0.1, 0.15) is 16.7 Å². The van der Waals surface area contributed by atoms with E-state index in [1.54, 1.807) is 18.3 Å². The van der Waals surface area contributed by atoms with E-state index in [4.69, 9.17) is 23.8 Å². The van der Waals surface area contributed by atoms with Crippen molar-refractivity contribution >= 4 is 63.3 Å². The van der Waals surface area contributed by atoms with E-state index >= 15 is 0 Å². The Labute approximate surface area is 198 Å². The predicted molar refractivity (Wildman–Crippen MR) is 132 cm³/mol. The van der Waals surface area contributed by atoms with Crippen LogP contribution in [0.3, 0.4) is 0 Å². The first-order valence-corrected chi connectivity index (χ1v) is 11.4. The van der Waals surface area contributed by atoms with Gasteiger partial charge in [-0.3, -0.25) is 18.9 Å². The summed E-state index contributed by atoms with van der Waals surface area (Å²) in [5, 5.41) is 12.7. The van der Waals surface area contributed by atoms with Gasteiger partial charge in [0.05, 0.1) is 23.6 Å². The molecule has 164 valence electrons. The summed E-state index contributed by atoms with van der Waals surface area (Å²) in [6.07, 6.45) is 3.20. The number of halogens is 1. The standard InChI is InChI=1S/C22H19ClN4O3S2/c1-13-6-7-18-25-19(24-8-9-28)15(20(29)26(18)11-13)10-17-21(30)27(22(31)32-17)12-14-4-2-3-5-16(14)23/h2-7,10-11,24,28H,8-9,12H2,1H3/b17-10+. The number of amides is 1. The number of benzene rings is 1. The van der Waals surface area contributed by atoms with Crippen LogP contribution >= 0.6 is 35.6 Å². The quantitative estimate of drug-likeness (QED) is 0.407. The molecule has 0 aliphatic carbocycles. The number of hydrogen-bond donors (Lipinski definition) is 2. The molecule has 0 atom stereocenters. The zero-order chi connectivity index (χ0) is 22.8. The molecule has 0 radical (unpaired) electrons. The second-order valence-corrected chi connectivity index (χ2v) is 9.21. The summed E-state index contributed by atoms with van der Waals surface area (Å²) in [5.74, 6) is -0.00829. The highest BCUT2D eigenvalue weighted by Crippen LogP contribution is 2.34. The smallest absolute Gasteiger partial charge is 0.267 e. The van der Waals surface area contributed by atoms with Crippen molar-refractivity contribution in [3.8, 4) is 0 Å². The molecule has 10 heteroatoms. The number of aliphatic hydroxyl groups excluding tert-OH is 1. The summed E-state index contributed by atoms with van der Waals surface area (Å²) in [6, 6.07) is 10.9. The van der Waals surface area contributed by atoms with Gasteiger partial charge in [0.2, 0.25) is 0 Å². The molecular formula is C22H19ClN4O3S2. The Morgan fingerprint density at radius 1 is 1.25 bits per heavy atom. The summed E-state index contributed by atoms with van der Waals surface area (Å²) in [6.45, 7) is 2.20. The SMILES string of the molecule is Cc1ccc2nc(NCCO)c(/C=C3/SC(=S)N(Cc4ccccc4Cl)C3=O)c(=O)n2c1. The van der Waals surface area contributed by atoms with Gasteiger partial charge in [0.25, 0.3) is 11.5 Å². The number of thioether (sulfide) groups is 1. The van der Waals surface area contributed by atoms with E-state index in [0.29, 0.717) is 25.7 Å². The van der Waals surface area contributed by atoms with Gasteiger partial charge in [0, 0.05) is 17.8 Å². The first-order chi connectivity index (χ1) is 15.4. The van der Waals surface area contributed by atoms with E-state index in [1.807, 2.05) is 31.2 Å². The zero-order valence-corrected chi connectivity index (χ0v) is 19.4. The van der Waals surface area contributed by atoms with Crippen LogP contribution in [0.15, 0.2) is 52.3 Å². The number of fused-ring (bicyclic) bond motifs is 1. The molecule has 0 unspecified atom stereocenters. The zero-order valence-electron chi connectivity index (χ0n) is 17.0. The molecule has 0 spiro atoms. The molecule has 1 aliphatic rings. The van der Waals surface area contributed by atoms with Crippen molar-refractivity contribution in [1.29, 1.82) is 0 Å². The minimum atomic E-state index is -0.324. The van der Waals surface area contributed by atoms with E-state index in [2.05, 4.69) is 10.3 Å². The molecule has 32 heavy (non-hydrogen) atoms. The Kier molecular flexibility index (Phi) is 6.61. The third-order valence-corrected chi connectivity index (χ3v) is 6.59. The summed E-state index contributed by atoms with van der Waals surface area (Å²) in [4.78, 5) is 32.6. The maximum Gasteiger partial charge on any atom is 0.267 e. The lowest BCUT2D eigenvalue weighted by molar-refractivity contribution is -0.122. The number of thiocarbonyl (C=S) groups is 1. The topological polar surface area (TPSA) is 86.9 Å². The van der Waals surface area contributed by atoms with Crippen molar-refractivity contribution in [3.05, 3.63) is 79.6 Å². The molecular weight excluding hydrogens is 468 g/mol. The minimum Gasteiger partial charge on any atom is -0.395 e. The fourth-order valence-electron chi connectivity index (χ4n) is 3.26. The number of aliphatic hydroxyl groups is 1. The van der Waals surface area contributed by atoms with Crippen LogP contribution in [0.4, 0.5) is 5.82 Å². The third kappa shape index (κ3) is 4.42. The molecule has 1 aliphatic heterocycles. The molecule has 1 saturated heterocycles. The van der Waals surface area contributed by atoms with Crippen LogP contribution in [-0.2, 0) is 11.3 Å². The normalized spacial score (nSPS) is 15.2. The second kappa shape index (κ2) is 9.41. The van der Waals surface area contributed by atoms with Crippen molar-refractivity contribution in [2.45, 2.75) is 13.5 Å². The number of hydrogen-bond acceptors (Lipinski definition) is 7. The number of carbonyl (C=O) groups excluding carboxylic acids is 1. The number of carbonyl (C=O) groups is 1. The van der Waals surface area contributed by atoms with Gasteiger partial charge >= 0.3 is 0 Å². The molecule has 3 aromatic rings. The molecule has 2 aromatic heterocycles. The molecule has 1 amide bonds. The van der Waals surface area contributed by atoms with Crippen LogP contribution in [0.5, 0.6) is 0 Å². The first-order valence-electron chi connectivity index (χ1n) is 9.75. The van der Waals surface area contributed by atoms with Gasteiger partial charge in [-0.25, -0.2) is 4.98 Å². The van der Waals surface area contributed by atoms with Crippen molar-refractivity contribution < 1.29 is 9.90 Å². The van der Waals surface area contributed by atoms with Crippen LogP contribution in [-0.4, -0.2) is 42.8 Å². The Bertz CT molecular complexity index is 1320. The maximum absolute atomic E-state index is 13.2. The minimum absolute atomic E-state index is 0.131. The first kappa shape index (κ1) is 22.5. The lowest BCUT2D eigenvalue weighted by Gasteiger charge is -2.15. The molecule has 1 fully saturated rings. The van der Waals surface area contributed by atoms with E-state index in [9.17, 15) is 14.7 Å². The molecule has 7 nitrogen and oxygen atoms in total. The lowest BCUT2D eigenvalue weighted by Crippen LogP contribution is -2.27. The predicted octanol–water partition coefficient (Wildman–Crippen LogP) is 3.46. The van der Waals surface area contributed by atoms with Gasteiger partial charge < -0.3 is 10.4 Å². The van der Waals surface area contributed by atoms with Gasteiger partial charge in [-0.2, -0.15) is 0 Å². The number of aryl methyl sites for hydroxylation is 1. The van der Waals surface area contributed by atoms with Crippen LogP contribution in [0.25, 0.3) is 11.7 Å². The maximum atomic E-state index is 13.2. The molecule has 1 aromatic carbocycles. The number of anilines is 1. The molecule has 3 heterocycles. The number of nitrogens with one attached hydrogen (secondary N) is 1. The number of rotatable bonds is 6. The number of pyridine rings is 1. The number of nitrogens with zero attached hydrogens (tertiary/aromatic N) is 3. The molecule has 2 N–H and O–H groups in total. The molecule has 0 saturated carbocycles. The highest BCUT2D eigenvalue weighted by Gasteiger charge is 2.33. The van der Waals surface area contributed by atoms with Crippen LogP contribution in [0.2, 0.25) is 5.02 Å².